The van der Waals surface area contributed by atoms with Crippen LogP contribution in [0.2, 0.25) is 0 Å². The monoisotopic (exact) mass is 190 g/mol. The van der Waals surface area contributed by atoms with Gasteiger partial charge in [0, 0.05) is 6.20 Å². The van der Waals surface area contributed by atoms with Crippen molar-refractivity contribution in [3.05, 3.63) is 36.5 Å². The maximum atomic E-state index is 11.4. The van der Waals surface area contributed by atoms with E-state index in [1.54, 1.807) is 10.8 Å². The van der Waals surface area contributed by atoms with Gasteiger partial charge in [0.05, 0.1) is 18.2 Å². The average molecular weight is 190 g/mol. The van der Waals surface area contributed by atoms with Gasteiger partial charge in [-0.3, -0.25) is 4.57 Å². The maximum absolute atomic E-state index is 11.4. The zero-order valence-electron chi connectivity index (χ0n) is 7.21. The van der Waals surface area contributed by atoms with Crippen LogP contribution in [0.5, 0.6) is 0 Å². The first-order valence-corrected chi connectivity index (χ1v) is 4.30. The number of fused-ring (bicyclic) bond motifs is 1. The third-order valence-corrected chi connectivity index (χ3v) is 2.35. The molecule has 70 valence electrons. The molecule has 0 fully saturated rings. The summed E-state index contributed by atoms with van der Waals surface area (Å²) in [6.07, 6.45) is 4.66. The molecule has 0 bridgehead atoms. The molecule has 5 nitrogen and oxygen atoms in total. The molecule has 3 rings (SSSR count). The molecule has 6 heteroatoms. The lowest BCUT2D eigenvalue weighted by Gasteiger charge is -2.10. The smallest absolute Gasteiger partial charge is 0.528 e. The first kappa shape index (κ1) is 7.55. The number of nitrogens with zero attached hydrogens (tertiary/aromatic N) is 1. The third-order valence-electron chi connectivity index (χ3n) is 2.35. The van der Waals surface area contributed by atoms with E-state index in [9.17, 15) is 4.79 Å². The zero-order chi connectivity index (χ0) is 9.54. The average Bonchev–Trinajstić information content (AvgIpc) is 2.84. The van der Waals surface area contributed by atoms with Crippen LogP contribution in [0.25, 0.3) is 0 Å². The Hall–Kier alpha value is -1.85. The largest absolute Gasteiger partial charge is 0.624 e. The van der Waals surface area contributed by atoms with Crippen molar-refractivity contribution in [2.24, 2.45) is 0 Å². The Bertz CT molecular complexity index is 406. The first-order chi connectivity index (χ1) is 6.86. The van der Waals surface area contributed by atoms with E-state index in [1.165, 1.54) is 12.5 Å². The standard InChI is InChI=1S/C8H7BN2O3/c12-8-10-7(9-13-4-5-14-9)6-2-1-3-11(6)8/h1-5,7H,(H,10,12). The second kappa shape index (κ2) is 2.57. The number of nitrogens with one attached hydrogen (secondary N) is 1. The van der Waals surface area contributed by atoms with Gasteiger partial charge in [0.15, 0.2) is 0 Å². The SMILES string of the molecule is O=C1NC(B2OC=CO2)c2cccn21. The van der Waals surface area contributed by atoms with Gasteiger partial charge in [-0.1, -0.05) is 0 Å². The Labute approximate surface area is 80.4 Å². The minimum absolute atomic E-state index is 0.144. The first-order valence-electron chi connectivity index (χ1n) is 4.30. The van der Waals surface area contributed by atoms with E-state index in [4.69, 9.17) is 9.31 Å². The highest BCUT2D eigenvalue weighted by atomic mass is 16.6. The van der Waals surface area contributed by atoms with Crippen molar-refractivity contribution in [1.82, 2.24) is 9.88 Å². The predicted octanol–water partition coefficient (Wildman–Crippen LogP) is 0.646. The lowest BCUT2D eigenvalue weighted by Crippen LogP contribution is -2.34. The zero-order valence-corrected chi connectivity index (χ0v) is 7.21. The van der Waals surface area contributed by atoms with Crippen molar-refractivity contribution < 1.29 is 14.1 Å². The van der Waals surface area contributed by atoms with Crippen LogP contribution in [-0.2, 0) is 9.31 Å². The normalized spacial score (nSPS) is 23.0. The Morgan fingerprint density at radius 2 is 2.21 bits per heavy atom. The van der Waals surface area contributed by atoms with Crippen LogP contribution in [0.3, 0.4) is 0 Å². The van der Waals surface area contributed by atoms with E-state index >= 15 is 0 Å². The molecule has 1 atom stereocenters. The molecule has 3 heterocycles. The molecule has 2 aliphatic heterocycles. The number of amides is 1. The summed E-state index contributed by atoms with van der Waals surface area (Å²) in [7, 11) is -0.449. The molecule has 1 aromatic rings. The fourth-order valence-electron chi connectivity index (χ4n) is 1.72. The van der Waals surface area contributed by atoms with Crippen molar-refractivity contribution >= 4 is 13.1 Å². The van der Waals surface area contributed by atoms with E-state index in [2.05, 4.69) is 5.32 Å². The molecular weight excluding hydrogens is 183 g/mol. The number of rotatable bonds is 1. The summed E-state index contributed by atoms with van der Waals surface area (Å²) in [6.45, 7) is 0. The number of hydrogen-bond donors (Lipinski definition) is 1. The highest BCUT2D eigenvalue weighted by Gasteiger charge is 2.43. The van der Waals surface area contributed by atoms with Gasteiger partial charge < -0.3 is 14.6 Å². The van der Waals surface area contributed by atoms with Crippen LogP contribution in [0.1, 0.15) is 11.6 Å². The van der Waals surface area contributed by atoms with Gasteiger partial charge in [-0.05, 0) is 12.1 Å². The van der Waals surface area contributed by atoms with E-state index in [1.807, 2.05) is 12.1 Å². The molecule has 0 radical (unpaired) electrons. The summed E-state index contributed by atoms with van der Waals surface area (Å²) in [6, 6.07) is 3.55. The summed E-state index contributed by atoms with van der Waals surface area (Å²) < 4.78 is 11.9. The molecule has 0 saturated heterocycles. The second-order valence-corrected chi connectivity index (χ2v) is 3.14. The topological polar surface area (TPSA) is 52.5 Å². The predicted molar refractivity (Wildman–Crippen MR) is 48.2 cm³/mol. The van der Waals surface area contributed by atoms with Crippen molar-refractivity contribution in [3.63, 3.8) is 0 Å². The molecule has 1 unspecified atom stereocenters. The molecule has 0 spiro atoms. The van der Waals surface area contributed by atoms with Gasteiger partial charge >= 0.3 is 13.1 Å². The van der Waals surface area contributed by atoms with Crippen LogP contribution in [-0.4, -0.2) is 17.7 Å². The summed E-state index contributed by atoms with van der Waals surface area (Å²) in [5.41, 5.74) is 0.865. The van der Waals surface area contributed by atoms with E-state index < -0.39 is 7.12 Å². The van der Waals surface area contributed by atoms with Gasteiger partial charge in [0.1, 0.15) is 5.94 Å². The number of carbonyl (C=O) groups excluding carboxylic acids is 1. The maximum Gasteiger partial charge on any atom is 0.624 e. The Kier molecular flexibility index (Phi) is 1.39. The summed E-state index contributed by atoms with van der Waals surface area (Å²) in [5, 5.41) is 2.78. The van der Waals surface area contributed by atoms with Gasteiger partial charge in [-0.25, -0.2) is 4.79 Å². The highest BCUT2D eigenvalue weighted by molar-refractivity contribution is 6.48. The van der Waals surface area contributed by atoms with Gasteiger partial charge in [-0.2, -0.15) is 0 Å². The minimum atomic E-state index is -0.449. The molecule has 14 heavy (non-hydrogen) atoms. The van der Waals surface area contributed by atoms with Crippen LogP contribution in [0.15, 0.2) is 30.9 Å². The van der Waals surface area contributed by atoms with Crippen molar-refractivity contribution in [2.45, 2.75) is 5.94 Å². The molecule has 0 aliphatic carbocycles. The molecule has 1 N–H and O–H groups in total. The van der Waals surface area contributed by atoms with Crippen LogP contribution < -0.4 is 5.32 Å². The summed E-state index contributed by atoms with van der Waals surface area (Å²) in [4.78, 5) is 11.4. The van der Waals surface area contributed by atoms with Gasteiger partial charge in [0.25, 0.3) is 0 Å². The van der Waals surface area contributed by atoms with Gasteiger partial charge in [-0.15, -0.1) is 0 Å². The number of carbonyl (C=O) groups is 1. The summed E-state index contributed by atoms with van der Waals surface area (Å²) in [5.74, 6) is -0.229. The molecule has 0 aromatic carbocycles. The molecule has 1 aromatic heterocycles. The van der Waals surface area contributed by atoms with Gasteiger partial charge in [0.2, 0.25) is 0 Å². The molecule has 0 saturated carbocycles. The quantitative estimate of drug-likeness (QED) is 0.661. The Balaban J connectivity index is 1.94. The minimum Gasteiger partial charge on any atom is -0.528 e. The van der Waals surface area contributed by atoms with E-state index in [0.717, 1.165) is 5.69 Å². The summed E-state index contributed by atoms with van der Waals surface area (Å²) >= 11 is 0. The van der Waals surface area contributed by atoms with E-state index in [0.29, 0.717) is 0 Å². The van der Waals surface area contributed by atoms with Crippen molar-refractivity contribution in [3.8, 4) is 0 Å². The fourth-order valence-corrected chi connectivity index (χ4v) is 1.72. The lowest BCUT2D eigenvalue weighted by atomic mass is 9.77. The van der Waals surface area contributed by atoms with Crippen LogP contribution in [0, 0.1) is 0 Å². The molecule has 1 amide bonds. The lowest BCUT2D eigenvalue weighted by molar-refractivity contribution is 0.245. The highest BCUT2D eigenvalue weighted by Crippen LogP contribution is 2.25. The third kappa shape index (κ3) is 0.877. The van der Waals surface area contributed by atoms with Crippen LogP contribution >= 0.6 is 0 Å². The van der Waals surface area contributed by atoms with Crippen LogP contribution in [0.4, 0.5) is 4.79 Å². The van der Waals surface area contributed by atoms with Crippen molar-refractivity contribution in [1.29, 1.82) is 0 Å². The number of aromatic nitrogens is 1. The fraction of sp³-hybridized carbons (Fsp3) is 0.125. The Morgan fingerprint density at radius 3 is 3.00 bits per heavy atom. The Morgan fingerprint density at radius 1 is 1.43 bits per heavy atom. The molecular formula is C8H7BN2O3. The number of hydrogen-bond acceptors (Lipinski definition) is 3. The second-order valence-electron chi connectivity index (χ2n) is 3.14. The van der Waals surface area contributed by atoms with Crippen molar-refractivity contribution in [2.75, 3.05) is 0 Å². The van der Waals surface area contributed by atoms with E-state index in [-0.39, 0.29) is 12.0 Å². The molecule has 2 aliphatic rings.